The molecule has 1 saturated carbocycles. The first kappa shape index (κ1) is 15.2. The van der Waals surface area contributed by atoms with E-state index in [-0.39, 0.29) is 12.3 Å². The van der Waals surface area contributed by atoms with Gasteiger partial charge in [-0.2, -0.15) is 8.78 Å². The van der Waals surface area contributed by atoms with Crippen molar-refractivity contribution in [1.29, 1.82) is 0 Å². The molecule has 1 aliphatic carbocycles. The highest BCUT2D eigenvalue weighted by atomic mass is 32.2. The molecule has 2 N–H and O–H groups in total. The molecule has 0 spiro atoms. The molecule has 112 valence electrons. The van der Waals surface area contributed by atoms with Gasteiger partial charge in [-0.3, -0.25) is 0 Å². The summed E-state index contributed by atoms with van der Waals surface area (Å²) < 4.78 is 48.7. The molecule has 1 aromatic carbocycles. The van der Waals surface area contributed by atoms with Crippen LogP contribution in [0.15, 0.2) is 29.2 Å². The summed E-state index contributed by atoms with van der Waals surface area (Å²) in [5.41, 5.74) is -0.489. The van der Waals surface area contributed by atoms with Crippen molar-refractivity contribution in [3.8, 4) is 0 Å². The third kappa shape index (κ3) is 2.78. The lowest BCUT2D eigenvalue weighted by molar-refractivity contribution is 0.214. The molecule has 0 heterocycles. The van der Waals surface area contributed by atoms with Gasteiger partial charge in [0.15, 0.2) is 0 Å². The van der Waals surface area contributed by atoms with Gasteiger partial charge in [0, 0.05) is 0 Å². The SMILES string of the molecule is O=S(=O)(c1ccccc1NC1(CO)CCCC1)C(F)F. The predicted octanol–water partition coefficient (Wildman–Crippen LogP) is 2.40. The van der Waals surface area contributed by atoms with Crippen molar-refractivity contribution < 1.29 is 22.3 Å². The molecule has 0 aromatic heterocycles. The number of sulfone groups is 1. The number of alkyl halides is 2. The zero-order valence-corrected chi connectivity index (χ0v) is 11.7. The fraction of sp³-hybridized carbons (Fsp3) is 0.538. The van der Waals surface area contributed by atoms with Gasteiger partial charge in [-0.05, 0) is 25.0 Å². The van der Waals surface area contributed by atoms with E-state index >= 15 is 0 Å². The molecule has 0 unspecified atom stereocenters. The van der Waals surface area contributed by atoms with E-state index in [0.29, 0.717) is 12.8 Å². The molecule has 0 amide bonds. The van der Waals surface area contributed by atoms with Crippen LogP contribution in [0.5, 0.6) is 0 Å². The molecular formula is C13H17F2NO3S. The molecule has 2 rings (SSSR count). The highest BCUT2D eigenvalue weighted by molar-refractivity contribution is 7.91. The highest BCUT2D eigenvalue weighted by Crippen LogP contribution is 2.35. The summed E-state index contributed by atoms with van der Waals surface area (Å²) >= 11 is 0. The van der Waals surface area contributed by atoms with Crippen LogP contribution in [0.3, 0.4) is 0 Å². The zero-order valence-electron chi connectivity index (χ0n) is 10.9. The van der Waals surface area contributed by atoms with Crippen LogP contribution in [0.4, 0.5) is 14.5 Å². The molecule has 20 heavy (non-hydrogen) atoms. The van der Waals surface area contributed by atoms with Crippen molar-refractivity contribution in [3.63, 3.8) is 0 Å². The largest absolute Gasteiger partial charge is 0.394 e. The summed E-state index contributed by atoms with van der Waals surface area (Å²) in [5.74, 6) is -3.46. The summed E-state index contributed by atoms with van der Waals surface area (Å²) in [7, 11) is -4.66. The van der Waals surface area contributed by atoms with Crippen LogP contribution in [0, 0.1) is 0 Å². The smallest absolute Gasteiger partial charge is 0.341 e. The Morgan fingerprint density at radius 2 is 1.85 bits per heavy atom. The first-order valence-corrected chi connectivity index (χ1v) is 7.96. The molecule has 4 nitrogen and oxygen atoms in total. The minimum absolute atomic E-state index is 0.128. The molecule has 0 radical (unpaired) electrons. The molecule has 7 heteroatoms. The number of benzene rings is 1. The number of rotatable bonds is 5. The number of aliphatic hydroxyl groups is 1. The van der Waals surface area contributed by atoms with Crippen molar-refractivity contribution >= 4 is 15.5 Å². The first-order chi connectivity index (χ1) is 9.41. The van der Waals surface area contributed by atoms with E-state index in [4.69, 9.17) is 0 Å². The lowest BCUT2D eigenvalue weighted by atomic mass is 9.98. The lowest BCUT2D eigenvalue weighted by Crippen LogP contribution is -2.39. The highest BCUT2D eigenvalue weighted by Gasteiger charge is 2.36. The van der Waals surface area contributed by atoms with Gasteiger partial charge in [0.05, 0.1) is 22.7 Å². The fourth-order valence-electron chi connectivity index (χ4n) is 2.57. The van der Waals surface area contributed by atoms with Gasteiger partial charge in [0.25, 0.3) is 0 Å². The van der Waals surface area contributed by atoms with Crippen LogP contribution in [-0.4, -0.2) is 31.4 Å². The number of para-hydroxylation sites is 1. The molecule has 0 saturated heterocycles. The van der Waals surface area contributed by atoms with Crippen molar-refractivity contribution in [2.24, 2.45) is 0 Å². The van der Waals surface area contributed by atoms with Crippen LogP contribution in [-0.2, 0) is 9.84 Å². The van der Waals surface area contributed by atoms with Gasteiger partial charge in [0.2, 0.25) is 9.84 Å². The van der Waals surface area contributed by atoms with Gasteiger partial charge >= 0.3 is 5.76 Å². The predicted molar refractivity (Wildman–Crippen MR) is 71.5 cm³/mol. The summed E-state index contributed by atoms with van der Waals surface area (Å²) in [4.78, 5) is -0.422. The van der Waals surface area contributed by atoms with Gasteiger partial charge < -0.3 is 10.4 Å². The molecular weight excluding hydrogens is 288 g/mol. The maximum Gasteiger partial charge on any atom is 0.341 e. The number of halogens is 2. The first-order valence-electron chi connectivity index (χ1n) is 6.41. The van der Waals surface area contributed by atoms with E-state index in [1.54, 1.807) is 6.07 Å². The molecule has 0 atom stereocenters. The second kappa shape index (κ2) is 5.65. The number of anilines is 1. The standard InChI is InChI=1S/C13H17F2NO3S/c14-12(15)20(18,19)11-6-2-1-5-10(11)16-13(9-17)7-3-4-8-13/h1-2,5-6,12,16-17H,3-4,7-9H2. The van der Waals surface area contributed by atoms with Crippen molar-refractivity contribution in [1.82, 2.24) is 0 Å². The minimum Gasteiger partial charge on any atom is -0.394 e. The molecule has 1 aliphatic rings. The Balaban J connectivity index is 2.38. The minimum atomic E-state index is -4.66. The summed E-state index contributed by atoms with van der Waals surface area (Å²) in [6.07, 6.45) is 3.20. The average molecular weight is 305 g/mol. The molecule has 0 bridgehead atoms. The van der Waals surface area contributed by atoms with Gasteiger partial charge in [-0.25, -0.2) is 8.42 Å². The second-order valence-electron chi connectivity index (χ2n) is 5.07. The van der Waals surface area contributed by atoms with Crippen molar-refractivity contribution in [2.75, 3.05) is 11.9 Å². The van der Waals surface area contributed by atoms with Gasteiger partial charge in [0.1, 0.15) is 0 Å². The third-order valence-electron chi connectivity index (χ3n) is 3.69. The van der Waals surface area contributed by atoms with E-state index in [2.05, 4.69) is 5.32 Å². The lowest BCUT2D eigenvalue weighted by Gasteiger charge is -2.30. The van der Waals surface area contributed by atoms with E-state index in [1.165, 1.54) is 12.1 Å². The van der Waals surface area contributed by atoms with Gasteiger partial charge in [-0.1, -0.05) is 25.0 Å². The number of aliphatic hydroxyl groups excluding tert-OH is 1. The Kier molecular flexibility index (Phi) is 4.29. The van der Waals surface area contributed by atoms with Crippen LogP contribution in [0.1, 0.15) is 25.7 Å². The van der Waals surface area contributed by atoms with E-state index in [1.807, 2.05) is 0 Å². The second-order valence-corrected chi connectivity index (χ2v) is 6.96. The molecule has 1 aromatic rings. The van der Waals surface area contributed by atoms with Crippen LogP contribution < -0.4 is 5.32 Å². The Hall–Kier alpha value is -1.21. The Labute approximate surface area is 116 Å². The summed E-state index contributed by atoms with van der Waals surface area (Å²) in [5, 5.41) is 12.5. The van der Waals surface area contributed by atoms with Crippen molar-refractivity contribution in [3.05, 3.63) is 24.3 Å². The summed E-state index contributed by atoms with van der Waals surface area (Å²) in [6.45, 7) is -0.157. The number of nitrogens with one attached hydrogen (secondary N) is 1. The van der Waals surface area contributed by atoms with E-state index in [9.17, 15) is 22.3 Å². The van der Waals surface area contributed by atoms with Crippen LogP contribution in [0.25, 0.3) is 0 Å². The Bertz CT molecular complexity index is 569. The average Bonchev–Trinajstić information content (AvgIpc) is 2.88. The topological polar surface area (TPSA) is 66.4 Å². The quantitative estimate of drug-likeness (QED) is 0.876. The zero-order chi connectivity index (χ0) is 14.8. The monoisotopic (exact) mass is 305 g/mol. The van der Waals surface area contributed by atoms with E-state index in [0.717, 1.165) is 18.9 Å². The number of hydrogen-bond donors (Lipinski definition) is 2. The normalized spacial score (nSPS) is 18.4. The van der Waals surface area contributed by atoms with Crippen LogP contribution >= 0.6 is 0 Å². The van der Waals surface area contributed by atoms with E-state index < -0.39 is 26.0 Å². The maximum absolute atomic E-state index is 12.7. The maximum atomic E-state index is 12.7. The number of hydrogen-bond acceptors (Lipinski definition) is 4. The Morgan fingerprint density at radius 1 is 1.25 bits per heavy atom. The Morgan fingerprint density at radius 3 is 2.40 bits per heavy atom. The van der Waals surface area contributed by atoms with Crippen LogP contribution in [0.2, 0.25) is 0 Å². The third-order valence-corrected chi connectivity index (χ3v) is 5.13. The molecule has 0 aliphatic heterocycles. The van der Waals surface area contributed by atoms with Crippen molar-refractivity contribution in [2.45, 2.75) is 41.9 Å². The molecule has 1 fully saturated rings. The summed E-state index contributed by atoms with van der Waals surface area (Å²) in [6, 6.07) is 5.59. The van der Waals surface area contributed by atoms with Gasteiger partial charge in [-0.15, -0.1) is 0 Å². The fourth-order valence-corrected chi connectivity index (χ4v) is 3.46.